The summed E-state index contributed by atoms with van der Waals surface area (Å²) in [6, 6.07) is 6.73. The van der Waals surface area contributed by atoms with Crippen molar-refractivity contribution in [1.29, 1.82) is 0 Å². The van der Waals surface area contributed by atoms with Gasteiger partial charge in [0.25, 0.3) is 5.91 Å². The normalized spacial score (nSPS) is 10.4. The number of hydrogen-bond acceptors (Lipinski definition) is 2. The maximum absolute atomic E-state index is 12.2. The molecule has 0 fully saturated rings. The van der Waals surface area contributed by atoms with Crippen LogP contribution in [-0.4, -0.2) is 10.9 Å². The van der Waals surface area contributed by atoms with Crippen LogP contribution in [0.2, 0.25) is 10.3 Å². The summed E-state index contributed by atoms with van der Waals surface area (Å²) < 4.78 is 1.56. The van der Waals surface area contributed by atoms with E-state index in [2.05, 4.69) is 42.2 Å². The first kappa shape index (κ1) is 15.8. The van der Waals surface area contributed by atoms with Crippen molar-refractivity contribution < 1.29 is 4.79 Å². The lowest BCUT2D eigenvalue weighted by molar-refractivity contribution is 0.102. The van der Waals surface area contributed by atoms with Crippen molar-refractivity contribution in [3.05, 3.63) is 54.6 Å². The Morgan fingerprint density at radius 3 is 2.10 bits per heavy atom. The Balaban J connectivity index is 2.32. The topological polar surface area (TPSA) is 42.0 Å². The fourth-order valence-electron chi connectivity index (χ4n) is 1.60. The second-order valence-electron chi connectivity index (χ2n) is 4.06. The average Bonchev–Trinajstić information content (AvgIpc) is 2.32. The summed E-state index contributed by atoms with van der Waals surface area (Å²) >= 11 is 18.4. The maximum atomic E-state index is 12.2. The number of hydrogen-bond donors (Lipinski definition) is 1. The van der Waals surface area contributed by atoms with E-state index in [-0.39, 0.29) is 16.2 Å². The monoisotopic (exact) mass is 436 g/mol. The fourth-order valence-corrected chi connectivity index (χ4v) is 3.68. The minimum absolute atomic E-state index is 0.171. The molecule has 7 heteroatoms. The molecule has 0 saturated heterocycles. The van der Waals surface area contributed by atoms with Gasteiger partial charge in [-0.1, -0.05) is 23.2 Å². The van der Waals surface area contributed by atoms with Gasteiger partial charge in [0.2, 0.25) is 0 Å². The second kappa shape index (κ2) is 6.43. The van der Waals surface area contributed by atoms with Crippen molar-refractivity contribution in [2.45, 2.75) is 6.92 Å². The molecule has 0 radical (unpaired) electrons. The third kappa shape index (κ3) is 3.73. The summed E-state index contributed by atoms with van der Waals surface area (Å²) in [6.45, 7) is 1.96. The number of benzene rings is 1. The van der Waals surface area contributed by atoms with Crippen LogP contribution in [0.25, 0.3) is 0 Å². The lowest BCUT2D eigenvalue weighted by Gasteiger charge is -2.11. The van der Waals surface area contributed by atoms with E-state index in [0.717, 1.165) is 14.5 Å². The SMILES string of the molecule is Cc1cc(Br)c(NC(=O)c2cc(Cl)nc(Cl)c2)c(Br)c1. The van der Waals surface area contributed by atoms with Gasteiger partial charge in [-0.15, -0.1) is 0 Å². The molecular weight excluding hydrogens is 431 g/mol. The minimum atomic E-state index is -0.318. The Labute approximate surface area is 142 Å². The lowest BCUT2D eigenvalue weighted by Crippen LogP contribution is -2.13. The number of amides is 1. The van der Waals surface area contributed by atoms with Crippen LogP contribution >= 0.6 is 55.1 Å². The van der Waals surface area contributed by atoms with Crippen LogP contribution in [0.3, 0.4) is 0 Å². The molecule has 0 atom stereocenters. The first-order chi connectivity index (χ1) is 9.36. The van der Waals surface area contributed by atoms with Crippen molar-refractivity contribution in [1.82, 2.24) is 4.98 Å². The van der Waals surface area contributed by atoms with E-state index in [0.29, 0.717) is 11.3 Å². The number of rotatable bonds is 2. The van der Waals surface area contributed by atoms with Gasteiger partial charge in [-0.3, -0.25) is 4.79 Å². The van der Waals surface area contributed by atoms with E-state index in [4.69, 9.17) is 23.2 Å². The van der Waals surface area contributed by atoms with Crippen LogP contribution in [0.1, 0.15) is 15.9 Å². The molecule has 0 unspecified atom stereocenters. The minimum Gasteiger partial charge on any atom is -0.320 e. The number of halogens is 4. The molecule has 0 spiro atoms. The van der Waals surface area contributed by atoms with Gasteiger partial charge >= 0.3 is 0 Å². The van der Waals surface area contributed by atoms with E-state index in [1.165, 1.54) is 12.1 Å². The lowest BCUT2D eigenvalue weighted by atomic mass is 10.2. The van der Waals surface area contributed by atoms with E-state index in [9.17, 15) is 4.79 Å². The molecule has 0 bridgehead atoms. The predicted molar refractivity (Wildman–Crippen MR) is 88.8 cm³/mol. The van der Waals surface area contributed by atoms with Crippen LogP contribution in [-0.2, 0) is 0 Å². The molecule has 1 aromatic carbocycles. The maximum Gasteiger partial charge on any atom is 0.255 e. The second-order valence-corrected chi connectivity index (χ2v) is 6.54. The summed E-state index contributed by atoms with van der Waals surface area (Å²) in [7, 11) is 0. The van der Waals surface area contributed by atoms with Crippen molar-refractivity contribution in [3.8, 4) is 0 Å². The number of anilines is 1. The quantitative estimate of drug-likeness (QED) is 0.631. The van der Waals surface area contributed by atoms with Crippen LogP contribution in [0.4, 0.5) is 5.69 Å². The van der Waals surface area contributed by atoms with Gasteiger partial charge in [-0.25, -0.2) is 4.98 Å². The fraction of sp³-hybridized carbons (Fsp3) is 0.0769. The van der Waals surface area contributed by atoms with Crippen molar-refractivity contribution in [3.63, 3.8) is 0 Å². The molecule has 1 heterocycles. The third-order valence-electron chi connectivity index (χ3n) is 2.45. The molecule has 0 aliphatic heterocycles. The van der Waals surface area contributed by atoms with Gasteiger partial charge in [0.05, 0.1) is 5.69 Å². The number of nitrogens with zero attached hydrogens (tertiary/aromatic N) is 1. The Kier molecular flexibility index (Phi) is 5.07. The Hall–Kier alpha value is -0.620. The molecule has 0 aliphatic carbocycles. The molecule has 0 saturated carbocycles. The number of aromatic nitrogens is 1. The molecule has 20 heavy (non-hydrogen) atoms. The molecular formula is C13H8Br2Cl2N2O. The molecule has 1 N–H and O–H groups in total. The molecule has 104 valence electrons. The summed E-state index contributed by atoms with van der Waals surface area (Å²) in [5.74, 6) is -0.318. The number of pyridine rings is 1. The van der Waals surface area contributed by atoms with Crippen LogP contribution in [0.5, 0.6) is 0 Å². The highest BCUT2D eigenvalue weighted by molar-refractivity contribution is 9.11. The van der Waals surface area contributed by atoms with Gasteiger partial charge in [0, 0.05) is 14.5 Å². The Bertz CT molecular complexity index is 649. The van der Waals surface area contributed by atoms with Gasteiger partial charge in [0.15, 0.2) is 0 Å². The standard InChI is InChI=1S/C13H8Br2Cl2N2O/c1-6-2-8(14)12(9(15)3-6)19-13(20)7-4-10(16)18-11(17)5-7/h2-5H,1H3,(H,19,20). The van der Waals surface area contributed by atoms with Crippen molar-refractivity contribution in [2.24, 2.45) is 0 Å². The summed E-state index contributed by atoms with van der Waals surface area (Å²) in [4.78, 5) is 16.0. The third-order valence-corrected chi connectivity index (χ3v) is 4.09. The molecule has 3 nitrogen and oxygen atoms in total. The molecule has 2 rings (SSSR count). The summed E-state index contributed by atoms with van der Waals surface area (Å²) in [5, 5.41) is 3.14. The average molecular weight is 439 g/mol. The van der Waals surface area contributed by atoms with Crippen molar-refractivity contribution >= 4 is 66.7 Å². The highest BCUT2D eigenvalue weighted by atomic mass is 79.9. The molecule has 0 aliphatic rings. The first-order valence-electron chi connectivity index (χ1n) is 5.47. The zero-order valence-corrected chi connectivity index (χ0v) is 14.9. The first-order valence-corrected chi connectivity index (χ1v) is 7.81. The summed E-state index contributed by atoms with van der Waals surface area (Å²) in [5.41, 5.74) is 2.05. The zero-order chi connectivity index (χ0) is 14.9. The van der Waals surface area contributed by atoms with Gasteiger partial charge in [-0.2, -0.15) is 0 Å². The number of aryl methyl sites for hydroxylation is 1. The predicted octanol–water partition coefficient (Wildman–Crippen LogP) is 5.47. The molecule has 2 aromatic rings. The highest BCUT2D eigenvalue weighted by Gasteiger charge is 2.13. The Morgan fingerprint density at radius 1 is 1.10 bits per heavy atom. The number of carbonyl (C=O) groups excluding carboxylic acids is 1. The van der Waals surface area contributed by atoms with Crippen LogP contribution in [0, 0.1) is 6.92 Å². The molecule has 1 aromatic heterocycles. The highest BCUT2D eigenvalue weighted by Crippen LogP contribution is 2.32. The molecule has 1 amide bonds. The van der Waals surface area contributed by atoms with E-state index >= 15 is 0 Å². The number of nitrogens with one attached hydrogen (secondary N) is 1. The van der Waals surface area contributed by atoms with Gasteiger partial charge < -0.3 is 5.32 Å². The zero-order valence-electron chi connectivity index (χ0n) is 10.2. The number of carbonyl (C=O) groups is 1. The van der Waals surface area contributed by atoms with E-state index in [1.54, 1.807) is 0 Å². The summed E-state index contributed by atoms with van der Waals surface area (Å²) in [6.07, 6.45) is 0. The van der Waals surface area contributed by atoms with E-state index < -0.39 is 0 Å². The van der Waals surface area contributed by atoms with Crippen molar-refractivity contribution in [2.75, 3.05) is 5.32 Å². The van der Waals surface area contributed by atoms with E-state index in [1.807, 2.05) is 19.1 Å². The van der Waals surface area contributed by atoms with Gasteiger partial charge in [0.1, 0.15) is 10.3 Å². The Morgan fingerprint density at radius 2 is 1.60 bits per heavy atom. The smallest absolute Gasteiger partial charge is 0.255 e. The van der Waals surface area contributed by atoms with Crippen LogP contribution < -0.4 is 5.32 Å². The largest absolute Gasteiger partial charge is 0.320 e. The van der Waals surface area contributed by atoms with Gasteiger partial charge in [-0.05, 0) is 68.6 Å². The van der Waals surface area contributed by atoms with Crippen LogP contribution in [0.15, 0.2) is 33.2 Å².